The van der Waals surface area contributed by atoms with Crippen molar-refractivity contribution in [3.8, 4) is 11.3 Å². The fourth-order valence-electron chi connectivity index (χ4n) is 5.34. The molecule has 0 aliphatic carbocycles. The third kappa shape index (κ3) is 5.94. The van der Waals surface area contributed by atoms with Crippen molar-refractivity contribution in [1.82, 2.24) is 15.0 Å². The summed E-state index contributed by atoms with van der Waals surface area (Å²) in [6.07, 6.45) is 2.78. The number of nitrogens with zero attached hydrogens (tertiary/aromatic N) is 4. The van der Waals surface area contributed by atoms with Crippen molar-refractivity contribution < 1.29 is 4.92 Å². The molecule has 0 unspecified atom stereocenters. The minimum atomic E-state index is -2.09. The zero-order valence-corrected chi connectivity index (χ0v) is 25.3. The summed E-state index contributed by atoms with van der Waals surface area (Å²) in [6, 6.07) is 47.6. The van der Waals surface area contributed by atoms with Crippen molar-refractivity contribution in [3.63, 3.8) is 0 Å². The molecule has 0 aliphatic heterocycles. The van der Waals surface area contributed by atoms with E-state index in [1.165, 1.54) is 33.6 Å². The Morgan fingerprint density at radius 1 is 0.667 bits per heavy atom. The van der Waals surface area contributed by atoms with Gasteiger partial charge in [0.2, 0.25) is 0 Å². The predicted octanol–water partition coefficient (Wildman–Crippen LogP) is 6.97. The molecule has 8 heteroatoms. The fraction of sp³-hybridized carbons (Fsp3) is 0.0588. The normalized spacial score (nSPS) is 11.0. The smallest absolute Gasteiger partial charge is 0.258 e. The molecule has 0 radical (unpaired) electrons. The number of hydrogen-bond acceptors (Lipinski definition) is 4. The lowest BCUT2D eigenvalue weighted by molar-refractivity contribution is -0.384. The predicted molar refractivity (Wildman–Crippen MR) is 177 cm³/mol. The number of halogens is 1. The van der Waals surface area contributed by atoms with Gasteiger partial charge < -0.3 is 0 Å². The molecule has 0 aliphatic rings. The summed E-state index contributed by atoms with van der Waals surface area (Å²) in [7, 11) is -2.09. The Morgan fingerprint density at radius 2 is 1.17 bits per heavy atom. The van der Waals surface area contributed by atoms with Gasteiger partial charge in [0.1, 0.15) is 28.9 Å². The van der Waals surface area contributed by atoms with Gasteiger partial charge in [-0.15, -0.1) is 22.1 Å². The Balaban J connectivity index is 0.00000353. The maximum atomic E-state index is 11.0. The highest BCUT2D eigenvalue weighted by Crippen LogP contribution is 2.58. The maximum absolute atomic E-state index is 11.0. The van der Waals surface area contributed by atoms with Crippen LogP contribution in [0.1, 0.15) is 11.1 Å². The average molecular weight is 637 g/mol. The van der Waals surface area contributed by atoms with Crippen LogP contribution in [0.25, 0.3) is 11.3 Å². The Morgan fingerprint density at radius 3 is 1.69 bits per heavy atom. The minimum absolute atomic E-state index is 0. The molecule has 0 spiro atoms. The lowest BCUT2D eigenvalue weighted by atomic mass is 10.1. The van der Waals surface area contributed by atoms with E-state index in [-0.39, 0.29) is 22.7 Å². The van der Waals surface area contributed by atoms with Gasteiger partial charge in [0.25, 0.3) is 5.69 Å². The summed E-state index contributed by atoms with van der Waals surface area (Å²) in [5.41, 5.74) is 4.05. The fourth-order valence-corrected chi connectivity index (χ4v) is 9.61. The highest BCUT2D eigenvalue weighted by molar-refractivity contribution is 8.93. The Bertz CT molecular complexity index is 1670. The van der Waals surface area contributed by atoms with E-state index in [2.05, 4.69) is 120 Å². The first kappa shape index (κ1) is 29.1. The standard InChI is InChI=1S/C34H28N4O2P.BrH/c39-38(40)29-22-20-27(21-23-29)24-37-25-34(35-36-37)33-19-11-10-12-28(33)26-41(30-13-4-1-5-14-30,31-15-6-2-7-16-31)32-17-8-3-9-18-32;/h1-23,25H,24,26H2;1H/q+1;. The van der Waals surface area contributed by atoms with E-state index in [0.717, 1.165) is 23.0 Å². The topological polar surface area (TPSA) is 73.8 Å². The van der Waals surface area contributed by atoms with Gasteiger partial charge in [-0.05, 0) is 47.5 Å². The first-order valence-electron chi connectivity index (χ1n) is 13.4. The van der Waals surface area contributed by atoms with Crippen molar-refractivity contribution in [2.45, 2.75) is 12.7 Å². The van der Waals surface area contributed by atoms with E-state index in [4.69, 9.17) is 0 Å². The molecule has 0 atom stereocenters. The largest absolute Gasteiger partial charge is 0.269 e. The number of benzene rings is 5. The molecule has 0 fully saturated rings. The summed E-state index contributed by atoms with van der Waals surface area (Å²) in [6.45, 7) is 0.474. The molecule has 1 aromatic heterocycles. The molecule has 0 bridgehead atoms. The van der Waals surface area contributed by atoms with Crippen molar-refractivity contribution >= 4 is 45.8 Å². The van der Waals surface area contributed by atoms with Gasteiger partial charge in [0, 0.05) is 17.7 Å². The van der Waals surface area contributed by atoms with E-state index in [0.29, 0.717) is 6.54 Å². The number of non-ortho nitro benzene ring substituents is 1. The zero-order chi connectivity index (χ0) is 28.1. The molecule has 6 rings (SSSR count). The summed E-state index contributed by atoms with van der Waals surface area (Å²) in [5.74, 6) is 0. The van der Waals surface area contributed by atoms with E-state index in [1.807, 2.05) is 12.3 Å². The molecule has 0 N–H and O–H groups in total. The number of nitro benzene ring substituents is 1. The third-order valence-electron chi connectivity index (χ3n) is 7.32. The molecule has 0 saturated heterocycles. The molecule has 42 heavy (non-hydrogen) atoms. The van der Waals surface area contributed by atoms with Crippen LogP contribution in [-0.2, 0) is 12.7 Å². The van der Waals surface area contributed by atoms with Crippen molar-refractivity contribution in [2.24, 2.45) is 0 Å². The molecule has 6 aromatic rings. The number of hydrogen-bond donors (Lipinski definition) is 0. The van der Waals surface area contributed by atoms with Crippen LogP contribution in [0.2, 0.25) is 0 Å². The van der Waals surface area contributed by atoms with E-state index >= 15 is 0 Å². The number of rotatable bonds is 9. The van der Waals surface area contributed by atoms with Crippen LogP contribution >= 0.6 is 24.2 Å². The van der Waals surface area contributed by atoms with E-state index in [9.17, 15) is 10.1 Å². The first-order valence-corrected chi connectivity index (χ1v) is 15.4. The van der Waals surface area contributed by atoms with Gasteiger partial charge in [0.05, 0.1) is 23.8 Å². The summed E-state index contributed by atoms with van der Waals surface area (Å²) in [5, 5.41) is 24.0. The van der Waals surface area contributed by atoms with Crippen LogP contribution in [0.15, 0.2) is 146 Å². The van der Waals surface area contributed by atoms with Crippen LogP contribution < -0.4 is 15.9 Å². The quantitative estimate of drug-likeness (QED) is 0.0976. The summed E-state index contributed by atoms with van der Waals surface area (Å²) >= 11 is 0. The van der Waals surface area contributed by atoms with Crippen molar-refractivity contribution in [2.75, 3.05) is 0 Å². The summed E-state index contributed by atoms with van der Waals surface area (Å²) < 4.78 is 1.78. The first-order chi connectivity index (χ1) is 20.1. The Labute approximate surface area is 255 Å². The van der Waals surface area contributed by atoms with Gasteiger partial charge in [-0.1, -0.05) is 96.2 Å². The average Bonchev–Trinajstić information content (AvgIpc) is 3.50. The molecular formula is C34H29BrN4O2P+. The van der Waals surface area contributed by atoms with E-state index in [1.54, 1.807) is 16.8 Å². The van der Waals surface area contributed by atoms with Gasteiger partial charge in [-0.2, -0.15) is 0 Å². The second kappa shape index (κ2) is 13.0. The van der Waals surface area contributed by atoms with Crippen LogP contribution in [0, 0.1) is 10.1 Å². The van der Waals surface area contributed by atoms with Gasteiger partial charge in [0.15, 0.2) is 0 Å². The lowest BCUT2D eigenvalue weighted by Crippen LogP contribution is -2.32. The minimum Gasteiger partial charge on any atom is -0.258 e. The molecule has 208 valence electrons. The molecular weight excluding hydrogens is 607 g/mol. The van der Waals surface area contributed by atoms with Crippen LogP contribution in [0.4, 0.5) is 5.69 Å². The molecule has 5 aromatic carbocycles. The zero-order valence-electron chi connectivity index (χ0n) is 22.7. The van der Waals surface area contributed by atoms with Crippen LogP contribution in [0.3, 0.4) is 0 Å². The van der Waals surface area contributed by atoms with Gasteiger partial charge in [-0.3, -0.25) is 10.1 Å². The van der Waals surface area contributed by atoms with Crippen molar-refractivity contribution in [3.05, 3.63) is 167 Å². The maximum Gasteiger partial charge on any atom is 0.269 e. The SMILES string of the molecule is Br.O=[N+]([O-])c1ccc(Cn2cc(-c3ccccc3C[P+](c3ccccc3)(c3ccccc3)c3ccccc3)nn2)cc1. The number of nitro groups is 1. The van der Waals surface area contributed by atoms with Crippen molar-refractivity contribution in [1.29, 1.82) is 0 Å². The highest BCUT2D eigenvalue weighted by Gasteiger charge is 2.45. The van der Waals surface area contributed by atoms with Gasteiger partial charge >= 0.3 is 0 Å². The molecule has 6 nitrogen and oxygen atoms in total. The Kier molecular flexibility index (Phi) is 9.01. The number of aromatic nitrogens is 3. The third-order valence-corrected chi connectivity index (χ3v) is 11.7. The van der Waals surface area contributed by atoms with E-state index < -0.39 is 12.2 Å². The Hall–Kier alpha value is -4.45. The van der Waals surface area contributed by atoms with Gasteiger partial charge in [-0.25, -0.2) is 4.68 Å². The molecule has 0 amide bonds. The lowest BCUT2D eigenvalue weighted by Gasteiger charge is -2.28. The summed E-state index contributed by atoms with van der Waals surface area (Å²) in [4.78, 5) is 10.6. The van der Waals surface area contributed by atoms with Crippen LogP contribution in [0.5, 0.6) is 0 Å². The molecule has 0 saturated carbocycles. The monoisotopic (exact) mass is 635 g/mol. The second-order valence-electron chi connectivity index (χ2n) is 9.86. The van der Waals surface area contributed by atoms with Crippen LogP contribution in [-0.4, -0.2) is 19.9 Å². The molecule has 1 heterocycles. The highest BCUT2D eigenvalue weighted by atomic mass is 79.9. The second-order valence-corrected chi connectivity index (χ2v) is 13.3.